The van der Waals surface area contributed by atoms with Crippen LogP contribution in [0, 0.1) is 0 Å². The monoisotopic (exact) mass is 257 g/mol. The molecule has 1 N–H and O–H groups in total. The van der Waals surface area contributed by atoms with E-state index in [0.717, 1.165) is 6.54 Å². The topological polar surface area (TPSA) is 12.0 Å². The lowest BCUT2D eigenvalue weighted by molar-refractivity contribution is 0.539. The molecular formula is C13H23NS2. The van der Waals surface area contributed by atoms with Crippen LogP contribution in [-0.2, 0) is 6.42 Å². The molecule has 0 aliphatic heterocycles. The molecule has 0 saturated heterocycles. The summed E-state index contributed by atoms with van der Waals surface area (Å²) in [4.78, 5) is 1.52. The summed E-state index contributed by atoms with van der Waals surface area (Å²) < 4.78 is 0. The normalized spacial score (nSPS) is 12.9. The van der Waals surface area contributed by atoms with Crippen LogP contribution in [0.3, 0.4) is 0 Å². The molecular weight excluding hydrogens is 234 g/mol. The molecule has 92 valence electrons. The molecule has 0 radical (unpaired) electrons. The highest BCUT2D eigenvalue weighted by Crippen LogP contribution is 2.14. The summed E-state index contributed by atoms with van der Waals surface area (Å²) in [6, 6.07) is 5.07. The van der Waals surface area contributed by atoms with E-state index in [1.54, 1.807) is 0 Å². The molecule has 1 nitrogen and oxygen atoms in total. The highest BCUT2D eigenvalue weighted by atomic mass is 32.2. The molecule has 1 aromatic heterocycles. The Labute approximate surface area is 108 Å². The number of thioether (sulfide) groups is 1. The Bertz CT molecular complexity index is 246. The summed E-state index contributed by atoms with van der Waals surface area (Å²) in [7, 11) is 0. The molecule has 0 saturated carbocycles. The van der Waals surface area contributed by atoms with Crippen molar-refractivity contribution in [2.45, 2.75) is 39.2 Å². The summed E-state index contributed by atoms with van der Waals surface area (Å²) in [6.45, 7) is 5.53. The van der Waals surface area contributed by atoms with Crippen molar-refractivity contribution in [1.29, 1.82) is 0 Å². The maximum absolute atomic E-state index is 3.59. The molecule has 0 bridgehead atoms. The van der Waals surface area contributed by atoms with Crippen molar-refractivity contribution in [3.8, 4) is 0 Å². The predicted octanol–water partition coefficient (Wildman–Crippen LogP) is 3.80. The first kappa shape index (κ1) is 14.1. The van der Waals surface area contributed by atoms with E-state index in [4.69, 9.17) is 0 Å². The molecule has 0 fully saturated rings. The molecule has 0 aromatic carbocycles. The fourth-order valence-corrected chi connectivity index (χ4v) is 3.42. The highest BCUT2D eigenvalue weighted by molar-refractivity contribution is 7.99. The summed E-state index contributed by atoms with van der Waals surface area (Å²) in [6.07, 6.45) is 3.78. The Balaban J connectivity index is 2.21. The molecule has 3 heteroatoms. The number of nitrogens with one attached hydrogen (secondary N) is 1. The van der Waals surface area contributed by atoms with Crippen LogP contribution in [0.15, 0.2) is 17.5 Å². The number of thiophene rings is 1. The largest absolute Gasteiger partial charge is 0.313 e. The minimum absolute atomic E-state index is 0.684. The quantitative estimate of drug-likeness (QED) is 0.675. The van der Waals surface area contributed by atoms with Gasteiger partial charge in [0.15, 0.2) is 0 Å². The fourth-order valence-electron chi connectivity index (χ4n) is 1.67. The van der Waals surface area contributed by atoms with E-state index < -0.39 is 0 Å². The molecule has 1 unspecified atom stereocenters. The Morgan fingerprint density at radius 2 is 2.31 bits per heavy atom. The van der Waals surface area contributed by atoms with Crippen LogP contribution in [0.1, 0.15) is 31.6 Å². The van der Waals surface area contributed by atoms with Gasteiger partial charge in [0.1, 0.15) is 0 Å². The average molecular weight is 257 g/mol. The van der Waals surface area contributed by atoms with E-state index in [0.29, 0.717) is 6.04 Å². The van der Waals surface area contributed by atoms with E-state index in [9.17, 15) is 0 Å². The van der Waals surface area contributed by atoms with E-state index >= 15 is 0 Å². The standard InChI is InChI=1S/C13H23NS2/c1-3-9-15-11-12(14-4-2)7-8-13-6-5-10-16-13/h5-6,10,12,14H,3-4,7-9,11H2,1-2H3. The van der Waals surface area contributed by atoms with Gasteiger partial charge in [-0.25, -0.2) is 0 Å². The van der Waals surface area contributed by atoms with Gasteiger partial charge in [-0.1, -0.05) is 19.9 Å². The number of hydrogen-bond donors (Lipinski definition) is 1. The van der Waals surface area contributed by atoms with Crippen LogP contribution in [0.5, 0.6) is 0 Å². The summed E-state index contributed by atoms with van der Waals surface area (Å²) in [5.41, 5.74) is 0. The van der Waals surface area contributed by atoms with Crippen LogP contribution in [-0.4, -0.2) is 24.1 Å². The molecule has 1 rings (SSSR count). The Morgan fingerprint density at radius 3 is 2.94 bits per heavy atom. The van der Waals surface area contributed by atoms with Crippen molar-refractivity contribution in [3.05, 3.63) is 22.4 Å². The minimum Gasteiger partial charge on any atom is -0.313 e. The summed E-state index contributed by atoms with van der Waals surface area (Å²) in [5, 5.41) is 5.76. The lowest BCUT2D eigenvalue weighted by Gasteiger charge is -2.16. The van der Waals surface area contributed by atoms with Gasteiger partial charge in [0.25, 0.3) is 0 Å². The number of hydrogen-bond acceptors (Lipinski definition) is 3. The van der Waals surface area contributed by atoms with Crippen molar-refractivity contribution in [3.63, 3.8) is 0 Å². The first-order valence-corrected chi connectivity index (χ1v) is 8.23. The molecule has 16 heavy (non-hydrogen) atoms. The first-order valence-electron chi connectivity index (χ1n) is 6.20. The van der Waals surface area contributed by atoms with Crippen molar-refractivity contribution in [1.82, 2.24) is 5.32 Å². The first-order chi connectivity index (χ1) is 7.86. The predicted molar refractivity (Wildman–Crippen MR) is 77.7 cm³/mol. The Kier molecular flexibility index (Phi) is 7.99. The Hall–Kier alpha value is 0.01000. The molecule has 1 atom stereocenters. The van der Waals surface area contributed by atoms with Crippen LogP contribution >= 0.6 is 23.1 Å². The van der Waals surface area contributed by atoms with Gasteiger partial charge < -0.3 is 5.32 Å². The van der Waals surface area contributed by atoms with Gasteiger partial charge in [-0.2, -0.15) is 11.8 Å². The van der Waals surface area contributed by atoms with Gasteiger partial charge in [-0.3, -0.25) is 0 Å². The van der Waals surface area contributed by atoms with Gasteiger partial charge in [-0.05, 0) is 43.0 Å². The molecule has 1 heterocycles. The van der Waals surface area contributed by atoms with E-state index in [1.165, 1.54) is 35.6 Å². The van der Waals surface area contributed by atoms with Gasteiger partial charge in [0.05, 0.1) is 0 Å². The second-order valence-electron chi connectivity index (χ2n) is 3.95. The molecule has 1 aromatic rings. The lowest BCUT2D eigenvalue weighted by Crippen LogP contribution is -2.31. The molecule has 0 spiro atoms. The third kappa shape index (κ3) is 5.92. The summed E-state index contributed by atoms with van der Waals surface area (Å²) >= 11 is 3.96. The zero-order valence-electron chi connectivity index (χ0n) is 10.4. The molecule has 0 amide bonds. The third-order valence-corrected chi connectivity index (χ3v) is 4.75. The smallest absolute Gasteiger partial charge is 0.0161 e. The van der Waals surface area contributed by atoms with Gasteiger partial charge >= 0.3 is 0 Å². The van der Waals surface area contributed by atoms with Gasteiger partial charge in [0.2, 0.25) is 0 Å². The molecule has 0 aliphatic rings. The van der Waals surface area contributed by atoms with E-state index in [1.807, 2.05) is 11.3 Å². The van der Waals surface area contributed by atoms with Crippen molar-refractivity contribution in [2.24, 2.45) is 0 Å². The zero-order chi connectivity index (χ0) is 11.6. The number of aryl methyl sites for hydroxylation is 1. The fraction of sp³-hybridized carbons (Fsp3) is 0.692. The van der Waals surface area contributed by atoms with Gasteiger partial charge in [-0.15, -0.1) is 11.3 Å². The minimum atomic E-state index is 0.684. The van der Waals surface area contributed by atoms with Crippen molar-refractivity contribution >= 4 is 23.1 Å². The van der Waals surface area contributed by atoms with E-state index in [2.05, 4.69) is 48.4 Å². The van der Waals surface area contributed by atoms with Crippen LogP contribution in [0.4, 0.5) is 0 Å². The maximum atomic E-state index is 3.59. The Morgan fingerprint density at radius 1 is 1.44 bits per heavy atom. The van der Waals surface area contributed by atoms with Crippen molar-refractivity contribution in [2.75, 3.05) is 18.1 Å². The van der Waals surface area contributed by atoms with Crippen LogP contribution in [0.2, 0.25) is 0 Å². The SMILES string of the molecule is CCCSCC(CCc1cccs1)NCC. The second-order valence-corrected chi connectivity index (χ2v) is 6.13. The molecule has 0 aliphatic carbocycles. The average Bonchev–Trinajstić information content (AvgIpc) is 2.79. The van der Waals surface area contributed by atoms with Crippen LogP contribution in [0.25, 0.3) is 0 Å². The third-order valence-electron chi connectivity index (χ3n) is 2.48. The summed E-state index contributed by atoms with van der Waals surface area (Å²) in [5.74, 6) is 2.55. The van der Waals surface area contributed by atoms with Gasteiger partial charge in [0, 0.05) is 16.7 Å². The highest BCUT2D eigenvalue weighted by Gasteiger charge is 2.07. The van der Waals surface area contributed by atoms with Crippen LogP contribution < -0.4 is 5.32 Å². The lowest BCUT2D eigenvalue weighted by atomic mass is 10.1. The van der Waals surface area contributed by atoms with E-state index in [-0.39, 0.29) is 0 Å². The van der Waals surface area contributed by atoms with Crippen molar-refractivity contribution < 1.29 is 0 Å². The zero-order valence-corrected chi connectivity index (χ0v) is 12.0. The second kappa shape index (κ2) is 9.08. The number of rotatable bonds is 9. The maximum Gasteiger partial charge on any atom is 0.0161 e.